The lowest BCUT2D eigenvalue weighted by molar-refractivity contribution is -0.160. The normalized spacial score (nSPS) is 25.6. The highest BCUT2D eigenvalue weighted by molar-refractivity contribution is 7.92. The van der Waals surface area contributed by atoms with Crippen LogP contribution in [-0.4, -0.2) is 52.3 Å². The quantitative estimate of drug-likeness (QED) is 0.453. The van der Waals surface area contributed by atoms with Crippen molar-refractivity contribution in [3.63, 3.8) is 0 Å². The van der Waals surface area contributed by atoms with Gasteiger partial charge in [0.25, 0.3) is 0 Å². The zero-order valence-corrected chi connectivity index (χ0v) is 22.6. The summed E-state index contributed by atoms with van der Waals surface area (Å²) in [7, 11) is -3.40. The molecule has 0 unspecified atom stereocenters. The van der Waals surface area contributed by atoms with Gasteiger partial charge >= 0.3 is 5.97 Å². The molecule has 2 fully saturated rings. The van der Waals surface area contributed by atoms with Crippen molar-refractivity contribution in [3.05, 3.63) is 63.9 Å². The molecule has 7 nitrogen and oxygen atoms in total. The summed E-state index contributed by atoms with van der Waals surface area (Å²) in [6.45, 7) is 3.51. The first-order chi connectivity index (χ1) is 16.9. The molecule has 2 aromatic rings. The highest BCUT2D eigenvalue weighted by Gasteiger charge is 2.53. The molecule has 0 spiro atoms. The number of carboxylic acid groups (broad SMARTS) is 1. The van der Waals surface area contributed by atoms with Gasteiger partial charge < -0.3 is 10.0 Å². The molecule has 0 bridgehead atoms. The van der Waals surface area contributed by atoms with E-state index in [9.17, 15) is 23.1 Å². The fourth-order valence-electron chi connectivity index (χ4n) is 5.40. The van der Waals surface area contributed by atoms with Crippen LogP contribution in [0, 0.1) is 5.41 Å². The van der Waals surface area contributed by atoms with E-state index in [0.717, 1.165) is 11.1 Å². The number of aromatic nitrogens is 1. The molecule has 1 aliphatic heterocycles. The summed E-state index contributed by atoms with van der Waals surface area (Å²) < 4.78 is 26.1. The first-order valence-electron chi connectivity index (χ1n) is 12.1. The molecule has 4 atom stereocenters. The van der Waals surface area contributed by atoms with Crippen molar-refractivity contribution in [1.82, 2.24) is 9.88 Å². The van der Waals surface area contributed by atoms with Gasteiger partial charge in [0.15, 0.2) is 9.84 Å². The van der Waals surface area contributed by atoms with Crippen LogP contribution in [0.15, 0.2) is 42.7 Å². The number of rotatable bonds is 9. The van der Waals surface area contributed by atoms with Gasteiger partial charge in [-0.2, -0.15) is 0 Å². The monoisotopic (exact) mass is 552 g/mol. The molecule has 0 radical (unpaired) electrons. The molecule has 194 valence electrons. The number of hydrogen-bond donors (Lipinski definition) is 1. The number of halogens is 2. The first-order valence-corrected chi connectivity index (χ1v) is 14.5. The van der Waals surface area contributed by atoms with Gasteiger partial charge in [0, 0.05) is 29.4 Å². The Labute approximate surface area is 221 Å². The highest BCUT2D eigenvalue weighted by Crippen LogP contribution is 2.52. The molecule has 4 rings (SSSR count). The number of benzene rings is 1. The molecule has 1 saturated heterocycles. The lowest BCUT2D eigenvalue weighted by Crippen LogP contribution is -2.57. The molecule has 1 saturated carbocycles. The number of pyridine rings is 1. The van der Waals surface area contributed by atoms with Crippen LogP contribution in [0.3, 0.4) is 0 Å². The molecule has 1 aliphatic carbocycles. The minimum absolute atomic E-state index is 0.159. The van der Waals surface area contributed by atoms with Crippen LogP contribution >= 0.6 is 23.2 Å². The van der Waals surface area contributed by atoms with Crippen LogP contribution in [-0.2, 0) is 19.4 Å². The summed E-state index contributed by atoms with van der Waals surface area (Å²) in [4.78, 5) is 31.9. The predicted octanol–water partition coefficient (Wildman–Crippen LogP) is 5.28. The molecular weight excluding hydrogens is 523 g/mol. The van der Waals surface area contributed by atoms with Gasteiger partial charge in [0.1, 0.15) is 0 Å². The Hall–Kier alpha value is -2.16. The largest absolute Gasteiger partial charge is 0.481 e. The molecule has 2 heterocycles. The topological polar surface area (TPSA) is 105 Å². The zero-order chi connectivity index (χ0) is 26.3. The van der Waals surface area contributed by atoms with E-state index in [4.69, 9.17) is 23.2 Å². The predicted molar refractivity (Wildman–Crippen MR) is 139 cm³/mol. The summed E-state index contributed by atoms with van der Waals surface area (Å²) in [6, 6.07) is 7.75. The van der Waals surface area contributed by atoms with E-state index in [1.54, 1.807) is 36.2 Å². The Morgan fingerprint density at radius 1 is 1.17 bits per heavy atom. The maximum Gasteiger partial charge on any atom is 0.304 e. The number of sulfone groups is 1. The van der Waals surface area contributed by atoms with Gasteiger partial charge in [-0.15, -0.1) is 0 Å². The van der Waals surface area contributed by atoms with Crippen LogP contribution in [0.25, 0.3) is 0 Å². The number of likely N-dealkylation sites (tertiary alicyclic amines) is 1. The third-order valence-corrected chi connectivity index (χ3v) is 10.1. The number of carbonyl (C=O) groups excluding carboxylic acids is 1. The smallest absolute Gasteiger partial charge is 0.304 e. The van der Waals surface area contributed by atoms with Gasteiger partial charge in [-0.25, -0.2) is 8.42 Å². The van der Waals surface area contributed by atoms with Crippen molar-refractivity contribution in [2.24, 2.45) is 5.41 Å². The van der Waals surface area contributed by atoms with E-state index < -0.39 is 33.3 Å². The van der Waals surface area contributed by atoms with E-state index in [-0.39, 0.29) is 35.7 Å². The molecule has 1 aromatic carbocycles. The molecule has 1 aromatic heterocycles. The second-order valence-corrected chi connectivity index (χ2v) is 13.4. The Kier molecular flexibility index (Phi) is 7.70. The number of piperidine rings is 1. The number of aliphatic carboxylic acids is 1. The molecular formula is C26H30Cl2N2O5S. The lowest BCUT2D eigenvalue weighted by Gasteiger charge is -2.51. The Morgan fingerprint density at radius 3 is 2.39 bits per heavy atom. The van der Waals surface area contributed by atoms with Gasteiger partial charge in [-0.1, -0.05) is 49.2 Å². The summed E-state index contributed by atoms with van der Waals surface area (Å²) >= 11 is 12.4. The van der Waals surface area contributed by atoms with Crippen LogP contribution < -0.4 is 0 Å². The summed E-state index contributed by atoms with van der Waals surface area (Å²) in [5, 5.41) is 10.3. The second kappa shape index (κ2) is 10.3. The van der Waals surface area contributed by atoms with Gasteiger partial charge in [0.05, 0.1) is 33.9 Å². The molecule has 1 amide bonds. The van der Waals surface area contributed by atoms with Crippen molar-refractivity contribution in [2.45, 2.75) is 69.2 Å². The Balaban J connectivity index is 1.89. The number of amides is 1. The average molecular weight is 554 g/mol. The summed E-state index contributed by atoms with van der Waals surface area (Å²) in [6.07, 6.45) is 4.76. The van der Waals surface area contributed by atoms with Gasteiger partial charge in [-0.3, -0.25) is 14.6 Å². The fourth-order valence-corrected chi connectivity index (χ4v) is 7.77. The van der Waals surface area contributed by atoms with E-state index >= 15 is 0 Å². The third kappa shape index (κ3) is 5.55. The van der Waals surface area contributed by atoms with Crippen LogP contribution in [0.5, 0.6) is 0 Å². The van der Waals surface area contributed by atoms with Crippen molar-refractivity contribution < 1.29 is 23.1 Å². The van der Waals surface area contributed by atoms with E-state index in [0.29, 0.717) is 29.3 Å². The van der Waals surface area contributed by atoms with Gasteiger partial charge in [-0.05, 0) is 55.0 Å². The second-order valence-electron chi connectivity index (χ2n) is 10.2. The molecule has 10 heteroatoms. The average Bonchev–Trinajstić information content (AvgIpc) is 3.66. The third-order valence-electron chi connectivity index (χ3n) is 7.33. The minimum atomic E-state index is -3.40. The van der Waals surface area contributed by atoms with Crippen molar-refractivity contribution in [1.29, 1.82) is 0 Å². The number of nitrogens with zero attached hydrogens (tertiary/aromatic N) is 2. The summed E-state index contributed by atoms with van der Waals surface area (Å²) in [5.74, 6) is -1.96. The lowest BCUT2D eigenvalue weighted by atomic mass is 9.67. The number of hydrogen-bond acceptors (Lipinski definition) is 5. The fraction of sp³-hybridized carbons (Fsp3) is 0.500. The maximum atomic E-state index is 14.1. The molecule has 36 heavy (non-hydrogen) atoms. The Morgan fingerprint density at radius 2 is 1.83 bits per heavy atom. The number of carboxylic acids is 1. The minimum Gasteiger partial charge on any atom is -0.481 e. The maximum absolute atomic E-state index is 14.1. The number of carbonyl (C=O) groups is 2. The zero-order valence-electron chi connectivity index (χ0n) is 20.2. The molecule has 1 N–H and O–H groups in total. The van der Waals surface area contributed by atoms with Crippen LogP contribution in [0.2, 0.25) is 10.0 Å². The standard InChI is InChI=1S/C26H30Cl2N2O5S/c1-3-20(15-36(34,35)21-8-9-21)30-24(16-4-6-18(27)7-5-16)22(17-10-19(28)14-29-13-17)11-26(2,25(30)33)12-23(31)32/h4-7,10,13-14,20-22,24H,3,8-9,11-12,15H2,1-2H3,(H,31,32)/t20-,22+,24+,26-/m0/s1. The van der Waals surface area contributed by atoms with Crippen molar-refractivity contribution in [2.75, 3.05) is 5.75 Å². The van der Waals surface area contributed by atoms with Crippen LogP contribution in [0.1, 0.15) is 69.0 Å². The summed E-state index contributed by atoms with van der Waals surface area (Å²) in [5.41, 5.74) is 0.312. The van der Waals surface area contributed by atoms with E-state index in [1.165, 1.54) is 6.20 Å². The molecule has 2 aliphatic rings. The van der Waals surface area contributed by atoms with Gasteiger partial charge in [0.2, 0.25) is 5.91 Å². The van der Waals surface area contributed by atoms with Crippen LogP contribution in [0.4, 0.5) is 0 Å². The van der Waals surface area contributed by atoms with Crippen molar-refractivity contribution in [3.8, 4) is 0 Å². The highest BCUT2D eigenvalue weighted by atomic mass is 35.5. The Bertz CT molecular complexity index is 1250. The SMILES string of the molecule is CC[C@@H](CS(=O)(=O)C1CC1)N1C(=O)[C@](C)(CC(=O)O)C[C@H](c2cncc(Cl)c2)[C@H]1c1ccc(Cl)cc1. The van der Waals surface area contributed by atoms with E-state index in [2.05, 4.69) is 4.98 Å². The van der Waals surface area contributed by atoms with E-state index in [1.807, 2.05) is 19.1 Å². The van der Waals surface area contributed by atoms with Crippen molar-refractivity contribution >= 4 is 44.9 Å². The first kappa shape index (κ1) is 26.9.